The molecule has 0 aromatic carbocycles. The van der Waals surface area contributed by atoms with Crippen molar-refractivity contribution in [2.45, 2.75) is 19.3 Å². The van der Waals surface area contributed by atoms with Crippen LogP contribution < -0.4 is 18.6 Å². The fourth-order valence-corrected chi connectivity index (χ4v) is 3.32. The number of rotatable bonds is 2. The Morgan fingerprint density at radius 3 is 1.86 bits per heavy atom. The summed E-state index contributed by atoms with van der Waals surface area (Å²) < 4.78 is 34.0. The van der Waals surface area contributed by atoms with Crippen molar-refractivity contribution in [2.75, 3.05) is 17.3 Å². The Hall–Kier alpha value is 0.220. The van der Waals surface area contributed by atoms with Gasteiger partial charge in [-0.2, -0.15) is 0 Å². The second-order valence-corrected chi connectivity index (χ2v) is 6.05. The molecule has 0 saturated carbocycles. The molecule has 0 aliphatic carbocycles. The highest BCUT2D eigenvalue weighted by Crippen LogP contribution is 2.13. The van der Waals surface area contributed by atoms with E-state index in [1.807, 2.05) is 0 Å². The smallest absolute Gasteiger partial charge is 0.126 e. The van der Waals surface area contributed by atoms with E-state index in [1.165, 1.54) is 36.5 Å². The number of hydrogen-bond acceptors (Lipinski definition) is 4. The third-order valence-electron chi connectivity index (χ3n) is 1.72. The molecule has 0 atom stereocenters. The quantitative estimate of drug-likeness (QED) is 0.387. The first-order valence-electron chi connectivity index (χ1n) is 4.30. The second kappa shape index (κ2) is 7.50. The van der Waals surface area contributed by atoms with Gasteiger partial charge in [-0.3, -0.25) is 0 Å². The van der Waals surface area contributed by atoms with Crippen LogP contribution in [0.4, 0.5) is 0 Å². The lowest BCUT2D eigenvalue weighted by molar-refractivity contribution is -2.00. The van der Waals surface area contributed by atoms with Gasteiger partial charge < -0.3 is 0 Å². The maximum Gasteiger partial charge on any atom is 0.126 e. The molecule has 0 aromatic heterocycles. The van der Waals surface area contributed by atoms with Crippen LogP contribution in [-0.4, -0.2) is 17.3 Å². The zero-order valence-electron chi connectivity index (χ0n) is 7.95. The molecule has 0 radical (unpaired) electrons. The highest BCUT2D eigenvalue weighted by molar-refractivity contribution is 7.97. The fourth-order valence-electron chi connectivity index (χ4n) is 1.22. The van der Waals surface area contributed by atoms with Crippen molar-refractivity contribution >= 4 is 10.9 Å². The molecule has 1 heterocycles. The first kappa shape index (κ1) is 14.2. The van der Waals surface area contributed by atoms with Gasteiger partial charge >= 0.3 is 0 Å². The highest BCUT2D eigenvalue weighted by Gasteiger charge is 2.18. The molecule has 84 valence electrons. The summed E-state index contributed by atoms with van der Waals surface area (Å²) in [7, 11) is -4.21. The summed E-state index contributed by atoms with van der Waals surface area (Å²) in [5.41, 5.74) is 0. The fraction of sp³-hybridized carbons (Fsp3) is 0.750. The minimum absolute atomic E-state index is 0.737. The van der Waals surface area contributed by atoms with Gasteiger partial charge in [-0.1, -0.05) is 6.58 Å². The summed E-state index contributed by atoms with van der Waals surface area (Å²) in [6.07, 6.45) is 6.49. The molecule has 0 N–H and O–H groups in total. The van der Waals surface area contributed by atoms with Gasteiger partial charge in [-0.15, -0.1) is 10.2 Å². The number of halogens is 1. The van der Waals surface area contributed by atoms with Crippen LogP contribution >= 0.6 is 0 Å². The average molecular weight is 243 g/mol. The second-order valence-electron chi connectivity index (χ2n) is 2.91. The molecule has 4 nitrogen and oxygen atoms in total. The Labute approximate surface area is 89.3 Å². The van der Waals surface area contributed by atoms with Gasteiger partial charge in [0.05, 0.1) is 0 Å². The van der Waals surface area contributed by atoms with Crippen LogP contribution in [0.25, 0.3) is 0 Å². The molecule has 1 fully saturated rings. The van der Waals surface area contributed by atoms with Crippen molar-refractivity contribution in [1.29, 1.82) is 0 Å². The Morgan fingerprint density at radius 1 is 1.07 bits per heavy atom. The minimum atomic E-state index is -4.94. The van der Waals surface area contributed by atoms with E-state index >= 15 is 0 Å². The van der Waals surface area contributed by atoms with Gasteiger partial charge in [-0.25, -0.2) is 18.6 Å². The molecule has 1 aliphatic heterocycles. The minimum Gasteiger partial charge on any atom is -0.222 e. The third-order valence-corrected chi connectivity index (χ3v) is 4.16. The van der Waals surface area contributed by atoms with E-state index in [4.69, 9.17) is 18.6 Å². The maximum atomic E-state index is 8.49. The highest BCUT2D eigenvalue weighted by atomic mass is 35.7. The van der Waals surface area contributed by atoms with Gasteiger partial charge in [0, 0.05) is 0 Å². The Morgan fingerprint density at radius 2 is 1.50 bits per heavy atom. The van der Waals surface area contributed by atoms with E-state index in [-0.39, 0.29) is 0 Å². The molecule has 6 heteroatoms. The van der Waals surface area contributed by atoms with E-state index in [2.05, 4.69) is 12.7 Å². The predicted octanol–water partition coefficient (Wildman–Crippen LogP) is -2.78. The summed E-state index contributed by atoms with van der Waals surface area (Å²) >= 11 is 0. The Kier molecular flexibility index (Phi) is 7.62. The van der Waals surface area contributed by atoms with Crippen LogP contribution in [0.1, 0.15) is 19.3 Å². The van der Waals surface area contributed by atoms with Gasteiger partial charge in [-0.05, 0) is 36.2 Å². The number of hydrogen-bond donors (Lipinski definition) is 0. The molecule has 14 heavy (non-hydrogen) atoms. The normalized spacial score (nSPS) is 18.3. The topological polar surface area (TPSA) is 92.2 Å². The van der Waals surface area contributed by atoms with Gasteiger partial charge in [0.1, 0.15) is 17.3 Å². The Balaban J connectivity index is 0.000000292. The molecular formula is C8H15ClO4S. The van der Waals surface area contributed by atoms with Crippen LogP contribution in [0, 0.1) is 10.2 Å². The standard InChI is InChI=1S/C8H15S.ClHO4/c1-2-6-9-7-4-3-5-8-9;2-1(3,4)5/h2H,1,3-8H2;(H,2,3,4,5)/q+1;/p-1. The summed E-state index contributed by atoms with van der Waals surface area (Å²) in [5.74, 6) is 4.23. The zero-order chi connectivity index (χ0) is 11.0. The van der Waals surface area contributed by atoms with E-state index in [0.717, 1.165) is 10.9 Å². The van der Waals surface area contributed by atoms with E-state index in [0.29, 0.717) is 0 Å². The predicted molar refractivity (Wildman–Crippen MR) is 46.0 cm³/mol. The van der Waals surface area contributed by atoms with Crippen molar-refractivity contribution in [2.24, 2.45) is 0 Å². The summed E-state index contributed by atoms with van der Waals surface area (Å²) in [6.45, 7) is 3.76. The molecule has 0 aromatic rings. The van der Waals surface area contributed by atoms with Crippen LogP contribution in [0.3, 0.4) is 0 Å². The van der Waals surface area contributed by atoms with Gasteiger partial charge in [0.25, 0.3) is 0 Å². The molecule has 1 rings (SSSR count). The van der Waals surface area contributed by atoms with Crippen LogP contribution in [0.15, 0.2) is 12.7 Å². The van der Waals surface area contributed by atoms with Crippen LogP contribution in [-0.2, 0) is 10.9 Å². The Bertz CT molecular complexity index is 148. The van der Waals surface area contributed by atoms with E-state index in [1.54, 1.807) is 0 Å². The molecular weight excluding hydrogens is 228 g/mol. The van der Waals surface area contributed by atoms with Gasteiger partial charge in [0.2, 0.25) is 0 Å². The molecule has 1 saturated heterocycles. The molecule has 0 bridgehead atoms. The van der Waals surface area contributed by atoms with Crippen molar-refractivity contribution in [3.05, 3.63) is 12.7 Å². The lowest BCUT2D eigenvalue weighted by Crippen LogP contribution is -2.68. The molecule has 0 amide bonds. The van der Waals surface area contributed by atoms with E-state index < -0.39 is 10.2 Å². The average Bonchev–Trinajstić information content (AvgIpc) is 2.03. The lowest BCUT2D eigenvalue weighted by Gasteiger charge is -2.17. The van der Waals surface area contributed by atoms with E-state index in [9.17, 15) is 0 Å². The maximum absolute atomic E-state index is 8.49. The lowest BCUT2D eigenvalue weighted by atomic mass is 10.3. The molecule has 1 aliphatic rings. The van der Waals surface area contributed by atoms with Crippen LogP contribution in [0.5, 0.6) is 0 Å². The molecule has 0 unspecified atom stereocenters. The first-order chi connectivity index (χ1) is 6.43. The van der Waals surface area contributed by atoms with Crippen molar-refractivity contribution in [3.8, 4) is 0 Å². The van der Waals surface area contributed by atoms with Gasteiger partial charge in [0.15, 0.2) is 0 Å². The summed E-state index contributed by atoms with van der Waals surface area (Å²) in [6, 6.07) is 0. The van der Waals surface area contributed by atoms with Crippen molar-refractivity contribution in [1.82, 2.24) is 0 Å². The summed E-state index contributed by atoms with van der Waals surface area (Å²) in [4.78, 5) is 0. The first-order valence-corrected chi connectivity index (χ1v) is 7.27. The SMILES string of the molecule is C=CC[S+]1CCCCC1.[O-][Cl+3]([O-])([O-])[O-]. The monoisotopic (exact) mass is 242 g/mol. The summed E-state index contributed by atoms with van der Waals surface area (Å²) in [5, 5.41) is 0. The van der Waals surface area contributed by atoms with Crippen molar-refractivity contribution < 1.29 is 28.9 Å². The zero-order valence-corrected chi connectivity index (χ0v) is 9.52. The molecule has 0 spiro atoms. The van der Waals surface area contributed by atoms with Crippen LogP contribution in [0.2, 0.25) is 0 Å². The van der Waals surface area contributed by atoms with Crippen molar-refractivity contribution in [3.63, 3.8) is 0 Å². The third kappa shape index (κ3) is 12.2. The largest absolute Gasteiger partial charge is 0.222 e.